The van der Waals surface area contributed by atoms with Crippen LogP contribution >= 0.6 is 0 Å². The fourth-order valence-corrected chi connectivity index (χ4v) is 4.69. The van der Waals surface area contributed by atoms with E-state index in [1.54, 1.807) is 4.90 Å². The van der Waals surface area contributed by atoms with Gasteiger partial charge in [-0.25, -0.2) is 0 Å². The maximum Gasteiger partial charge on any atom is 0.306 e. The largest absolute Gasteiger partial charge is 0.452 e. The monoisotopic (exact) mass is 475 g/mol. The SMILES string of the molecule is C#CCCC1(CCN(C(=O)C2CCC(=O)O2)C(C(=O)NCCOCC)C2CCN(C)CC2)N=N1. The van der Waals surface area contributed by atoms with Crippen molar-refractivity contribution >= 4 is 17.8 Å². The Bertz CT molecular complexity index is 796. The quantitative estimate of drug-likeness (QED) is 0.244. The lowest BCUT2D eigenvalue weighted by molar-refractivity contribution is -0.157. The molecule has 0 aliphatic carbocycles. The van der Waals surface area contributed by atoms with E-state index in [0.717, 1.165) is 25.9 Å². The number of likely N-dealkylation sites (tertiary alicyclic amines) is 1. The van der Waals surface area contributed by atoms with Gasteiger partial charge in [0.2, 0.25) is 5.91 Å². The highest BCUT2D eigenvalue weighted by atomic mass is 16.6. The van der Waals surface area contributed by atoms with Crippen molar-refractivity contribution in [2.75, 3.05) is 46.4 Å². The molecule has 0 aromatic rings. The zero-order valence-corrected chi connectivity index (χ0v) is 20.3. The predicted octanol–water partition coefficient (Wildman–Crippen LogP) is 1.35. The van der Waals surface area contributed by atoms with Crippen LogP contribution < -0.4 is 5.32 Å². The minimum Gasteiger partial charge on any atom is -0.452 e. The molecule has 3 heterocycles. The molecule has 2 fully saturated rings. The van der Waals surface area contributed by atoms with Gasteiger partial charge in [0.1, 0.15) is 6.04 Å². The number of carbonyl (C=O) groups is 3. The van der Waals surface area contributed by atoms with E-state index in [4.69, 9.17) is 15.9 Å². The number of hydrogen-bond donors (Lipinski definition) is 1. The molecule has 0 radical (unpaired) electrons. The first kappa shape index (κ1) is 26.1. The molecule has 3 aliphatic rings. The molecule has 10 nitrogen and oxygen atoms in total. The molecule has 2 amide bonds. The number of esters is 1. The number of cyclic esters (lactones) is 1. The number of nitrogens with one attached hydrogen (secondary N) is 1. The van der Waals surface area contributed by atoms with Crippen LogP contribution in [0.2, 0.25) is 0 Å². The molecule has 0 saturated carbocycles. The molecule has 188 valence electrons. The van der Waals surface area contributed by atoms with Gasteiger partial charge in [-0.1, -0.05) is 0 Å². The van der Waals surface area contributed by atoms with E-state index in [1.807, 2.05) is 6.92 Å². The van der Waals surface area contributed by atoms with E-state index in [0.29, 0.717) is 52.0 Å². The van der Waals surface area contributed by atoms with Gasteiger partial charge in [-0.3, -0.25) is 14.4 Å². The van der Waals surface area contributed by atoms with Crippen LogP contribution in [-0.4, -0.2) is 91.8 Å². The lowest BCUT2D eigenvalue weighted by Gasteiger charge is -2.40. The molecule has 0 spiro atoms. The zero-order valence-electron chi connectivity index (χ0n) is 20.3. The van der Waals surface area contributed by atoms with E-state index in [9.17, 15) is 14.4 Å². The maximum atomic E-state index is 13.6. The standard InChI is InChI=1S/C24H37N5O5/c1-4-6-11-24(26-27-24)12-16-29(23(32)19-7-8-20(30)34-19)21(18-9-14-28(3)15-10-18)22(31)25-13-17-33-5-2/h1,18-19,21H,5-17H2,2-3H3,(H,25,31). The third kappa shape index (κ3) is 7.00. The smallest absolute Gasteiger partial charge is 0.306 e. The maximum absolute atomic E-state index is 13.6. The van der Waals surface area contributed by atoms with Gasteiger partial charge in [0.25, 0.3) is 5.91 Å². The summed E-state index contributed by atoms with van der Waals surface area (Å²) in [5.41, 5.74) is -0.583. The van der Waals surface area contributed by atoms with Gasteiger partial charge in [-0.05, 0) is 45.8 Å². The molecule has 0 aromatic carbocycles. The van der Waals surface area contributed by atoms with Crippen molar-refractivity contribution in [3.8, 4) is 12.3 Å². The van der Waals surface area contributed by atoms with Crippen molar-refractivity contribution in [3.05, 3.63) is 0 Å². The third-order valence-corrected chi connectivity index (χ3v) is 6.81. The van der Waals surface area contributed by atoms with E-state index in [2.05, 4.69) is 33.4 Å². The molecule has 2 saturated heterocycles. The first-order valence-corrected chi connectivity index (χ1v) is 12.3. The summed E-state index contributed by atoms with van der Waals surface area (Å²) in [7, 11) is 2.06. The number of rotatable bonds is 13. The first-order valence-electron chi connectivity index (χ1n) is 12.3. The summed E-state index contributed by atoms with van der Waals surface area (Å²) in [6.07, 6.45) is 8.33. The molecule has 34 heavy (non-hydrogen) atoms. The van der Waals surface area contributed by atoms with E-state index >= 15 is 0 Å². The fourth-order valence-electron chi connectivity index (χ4n) is 4.69. The van der Waals surface area contributed by atoms with Crippen molar-refractivity contribution in [1.29, 1.82) is 0 Å². The topological polar surface area (TPSA) is 113 Å². The van der Waals surface area contributed by atoms with Gasteiger partial charge >= 0.3 is 5.97 Å². The Hall–Kier alpha value is -2.51. The van der Waals surface area contributed by atoms with Crippen LogP contribution in [0, 0.1) is 18.3 Å². The predicted molar refractivity (Wildman–Crippen MR) is 125 cm³/mol. The number of hydrogen-bond acceptors (Lipinski definition) is 8. The van der Waals surface area contributed by atoms with Crippen molar-refractivity contribution in [3.63, 3.8) is 0 Å². The van der Waals surface area contributed by atoms with Crippen LogP contribution in [0.4, 0.5) is 0 Å². The van der Waals surface area contributed by atoms with E-state index < -0.39 is 17.8 Å². The Kier molecular flexibility index (Phi) is 9.42. The zero-order chi connectivity index (χ0) is 24.6. The molecule has 10 heteroatoms. The minimum atomic E-state index is -0.854. The minimum absolute atomic E-state index is 0.000845. The number of terminal acetylenes is 1. The number of amides is 2. The molecule has 2 atom stereocenters. The molecule has 3 aliphatic heterocycles. The van der Waals surface area contributed by atoms with Gasteiger partial charge in [0, 0.05) is 51.8 Å². The van der Waals surface area contributed by atoms with Crippen molar-refractivity contribution in [2.24, 2.45) is 16.1 Å². The molecule has 0 aromatic heterocycles. The molecule has 1 N–H and O–H groups in total. The lowest BCUT2D eigenvalue weighted by atomic mass is 9.87. The highest BCUT2D eigenvalue weighted by Crippen LogP contribution is 2.37. The average molecular weight is 476 g/mol. The second-order valence-electron chi connectivity index (χ2n) is 9.26. The Morgan fingerprint density at radius 1 is 1.32 bits per heavy atom. The van der Waals surface area contributed by atoms with Gasteiger partial charge < -0.3 is 24.6 Å². The summed E-state index contributed by atoms with van der Waals surface area (Å²) in [4.78, 5) is 42.7. The van der Waals surface area contributed by atoms with Gasteiger partial charge in [0.05, 0.1) is 6.61 Å². The van der Waals surface area contributed by atoms with E-state index in [-0.39, 0.29) is 30.1 Å². The van der Waals surface area contributed by atoms with Gasteiger partial charge in [-0.15, -0.1) is 12.3 Å². The molecule has 2 unspecified atom stereocenters. The van der Waals surface area contributed by atoms with Crippen LogP contribution in [-0.2, 0) is 23.9 Å². The highest BCUT2D eigenvalue weighted by molar-refractivity contribution is 5.91. The first-order chi connectivity index (χ1) is 16.4. The van der Waals surface area contributed by atoms with Gasteiger partial charge in [0.15, 0.2) is 11.8 Å². The van der Waals surface area contributed by atoms with Crippen LogP contribution in [0.1, 0.15) is 51.9 Å². The Morgan fingerprint density at radius 2 is 2.06 bits per heavy atom. The summed E-state index contributed by atoms with van der Waals surface area (Å²) < 4.78 is 10.7. The summed E-state index contributed by atoms with van der Waals surface area (Å²) in [6, 6.07) is -0.662. The average Bonchev–Trinajstić information content (AvgIpc) is 3.47. The van der Waals surface area contributed by atoms with Crippen LogP contribution in [0.5, 0.6) is 0 Å². The second-order valence-corrected chi connectivity index (χ2v) is 9.26. The van der Waals surface area contributed by atoms with Crippen molar-refractivity contribution in [1.82, 2.24) is 15.1 Å². The van der Waals surface area contributed by atoms with Gasteiger partial charge in [-0.2, -0.15) is 10.2 Å². The number of piperidine rings is 1. The lowest BCUT2D eigenvalue weighted by Crippen LogP contribution is -2.58. The van der Waals surface area contributed by atoms with Crippen LogP contribution in [0.15, 0.2) is 10.2 Å². The Labute approximate surface area is 201 Å². The summed E-state index contributed by atoms with van der Waals surface area (Å²) in [6.45, 7) is 5.24. The summed E-state index contributed by atoms with van der Waals surface area (Å²) in [5.74, 6) is 1.72. The molecule has 3 rings (SSSR count). The highest BCUT2D eigenvalue weighted by Gasteiger charge is 2.45. The second kappa shape index (κ2) is 12.3. The van der Waals surface area contributed by atoms with Crippen molar-refractivity contribution < 1.29 is 23.9 Å². The Balaban J connectivity index is 1.79. The fraction of sp³-hybridized carbons (Fsp3) is 0.792. The third-order valence-electron chi connectivity index (χ3n) is 6.81. The number of nitrogens with zero attached hydrogens (tertiary/aromatic N) is 4. The normalized spacial score (nSPS) is 22.6. The molecule has 0 bridgehead atoms. The van der Waals surface area contributed by atoms with Crippen molar-refractivity contribution in [2.45, 2.75) is 69.7 Å². The van der Waals surface area contributed by atoms with E-state index in [1.165, 1.54) is 0 Å². The number of carbonyl (C=O) groups excluding carboxylic acids is 3. The summed E-state index contributed by atoms with van der Waals surface area (Å²) in [5, 5.41) is 11.3. The number of ether oxygens (including phenoxy) is 2. The molecular formula is C24H37N5O5. The Morgan fingerprint density at radius 3 is 2.65 bits per heavy atom. The molecular weight excluding hydrogens is 438 g/mol. The van der Waals surface area contributed by atoms with Crippen LogP contribution in [0.25, 0.3) is 0 Å². The van der Waals surface area contributed by atoms with Crippen LogP contribution in [0.3, 0.4) is 0 Å². The summed E-state index contributed by atoms with van der Waals surface area (Å²) >= 11 is 0.